The molecule has 2 N–H and O–H groups in total. The Morgan fingerprint density at radius 2 is 1.47 bits per heavy atom. The van der Waals surface area contributed by atoms with Crippen LogP contribution in [0.2, 0.25) is 0 Å². The van der Waals surface area contributed by atoms with Crippen LogP contribution in [-0.2, 0) is 4.79 Å². The third kappa shape index (κ3) is 3.07. The first-order chi connectivity index (χ1) is 15.1. The fourth-order valence-corrected chi connectivity index (χ4v) is 5.83. The van der Waals surface area contributed by atoms with Crippen molar-refractivity contribution in [3.05, 3.63) is 59.7 Å². The number of benzene rings is 2. The minimum Gasteiger partial charge on any atom is -0.435 e. The smallest absolute Gasteiger partial charge is 0.435 e. The zero-order chi connectivity index (χ0) is 23.3. The molecule has 1 saturated heterocycles. The molecule has 1 heterocycles. The van der Waals surface area contributed by atoms with Crippen LogP contribution < -0.4 is 0 Å². The molecule has 0 saturated carbocycles. The number of hydrogen-bond donors (Lipinski definition) is 2. The number of aldehydes is 1. The van der Waals surface area contributed by atoms with Crippen LogP contribution in [0, 0.1) is 0 Å². The summed E-state index contributed by atoms with van der Waals surface area (Å²) in [6.07, 6.45) is -1.46. The molecule has 1 aliphatic carbocycles. The number of hydrogen-bond acceptors (Lipinski definition) is 3. The van der Waals surface area contributed by atoms with Gasteiger partial charge in [-0.05, 0) is 43.0 Å². The SMILES string of the molecule is CC(C)(C)[N+]1(C(=O)O)CC[N+](CC2c3ccccc3-c3ccccc32)(C(=O)O)CC1C=O. The van der Waals surface area contributed by atoms with Crippen LogP contribution in [0.5, 0.6) is 0 Å². The van der Waals surface area contributed by atoms with E-state index in [4.69, 9.17) is 0 Å². The first-order valence-electron chi connectivity index (χ1n) is 10.9. The van der Waals surface area contributed by atoms with Crippen LogP contribution in [0.3, 0.4) is 0 Å². The number of carbonyl (C=O) groups excluding carboxylic acids is 1. The number of amides is 2. The Hall–Kier alpha value is -3.03. The van der Waals surface area contributed by atoms with E-state index in [0.717, 1.165) is 22.3 Å². The molecule has 1 aliphatic heterocycles. The molecule has 168 valence electrons. The summed E-state index contributed by atoms with van der Waals surface area (Å²) in [5.41, 5.74) is 3.61. The first kappa shape index (κ1) is 22.2. The number of quaternary nitrogens is 2. The highest BCUT2D eigenvalue weighted by molar-refractivity contribution is 5.79. The van der Waals surface area contributed by atoms with E-state index in [0.29, 0.717) is 6.29 Å². The molecular weight excluding hydrogens is 408 g/mol. The van der Waals surface area contributed by atoms with Crippen molar-refractivity contribution in [2.24, 2.45) is 0 Å². The molecule has 7 heteroatoms. The summed E-state index contributed by atoms with van der Waals surface area (Å²) in [6.45, 7) is 5.82. The number of nitrogens with zero attached hydrogens (tertiary/aromatic N) is 2. The van der Waals surface area contributed by atoms with Crippen molar-refractivity contribution in [3.63, 3.8) is 0 Å². The van der Waals surface area contributed by atoms with Gasteiger partial charge in [0.1, 0.15) is 31.7 Å². The van der Waals surface area contributed by atoms with Crippen LogP contribution in [0.25, 0.3) is 11.1 Å². The summed E-state index contributed by atoms with van der Waals surface area (Å²) in [5.74, 6) is -0.134. The Bertz CT molecular complexity index is 1050. The molecule has 0 spiro atoms. The predicted octanol–water partition coefficient (Wildman–Crippen LogP) is 4.17. The van der Waals surface area contributed by atoms with Gasteiger partial charge in [-0.1, -0.05) is 48.5 Å². The molecule has 0 bridgehead atoms. The Labute approximate surface area is 187 Å². The van der Waals surface area contributed by atoms with Crippen molar-refractivity contribution >= 4 is 18.5 Å². The van der Waals surface area contributed by atoms with Gasteiger partial charge in [-0.15, -0.1) is 0 Å². The molecule has 2 aromatic carbocycles. The first-order valence-corrected chi connectivity index (χ1v) is 10.9. The third-order valence-corrected chi connectivity index (χ3v) is 7.58. The predicted molar refractivity (Wildman–Crippen MR) is 119 cm³/mol. The van der Waals surface area contributed by atoms with Crippen LogP contribution in [0.4, 0.5) is 9.59 Å². The van der Waals surface area contributed by atoms with E-state index in [1.165, 1.54) is 0 Å². The van der Waals surface area contributed by atoms with E-state index in [9.17, 15) is 24.6 Å². The van der Waals surface area contributed by atoms with Crippen molar-refractivity contribution in [2.45, 2.75) is 38.3 Å². The van der Waals surface area contributed by atoms with E-state index >= 15 is 0 Å². The minimum absolute atomic E-state index is 0.0523. The summed E-state index contributed by atoms with van der Waals surface area (Å²) in [5, 5.41) is 20.5. The molecule has 2 aliphatic rings. The summed E-state index contributed by atoms with van der Waals surface area (Å²) in [4.78, 5) is 37.3. The molecule has 3 atom stereocenters. The maximum absolute atomic E-state index is 12.7. The Morgan fingerprint density at radius 3 is 1.91 bits per heavy atom. The van der Waals surface area contributed by atoms with Crippen molar-refractivity contribution in [1.82, 2.24) is 0 Å². The highest BCUT2D eigenvalue weighted by Crippen LogP contribution is 2.46. The molecule has 32 heavy (non-hydrogen) atoms. The molecule has 1 fully saturated rings. The van der Waals surface area contributed by atoms with E-state index in [-0.39, 0.29) is 36.6 Å². The van der Waals surface area contributed by atoms with Gasteiger partial charge in [0.2, 0.25) is 6.04 Å². The van der Waals surface area contributed by atoms with E-state index in [1.807, 2.05) is 36.4 Å². The van der Waals surface area contributed by atoms with Gasteiger partial charge < -0.3 is 10.2 Å². The topological polar surface area (TPSA) is 91.7 Å². The zero-order valence-corrected chi connectivity index (χ0v) is 18.7. The maximum Gasteiger partial charge on any atom is 0.514 e. The number of piperazine rings is 1. The lowest BCUT2D eigenvalue weighted by molar-refractivity contribution is -0.999. The maximum atomic E-state index is 12.7. The lowest BCUT2D eigenvalue weighted by Gasteiger charge is -2.52. The second-order valence-corrected chi connectivity index (χ2v) is 9.99. The number of rotatable bonds is 3. The van der Waals surface area contributed by atoms with Crippen LogP contribution >= 0.6 is 0 Å². The van der Waals surface area contributed by atoms with Gasteiger partial charge in [-0.25, -0.2) is 8.97 Å². The van der Waals surface area contributed by atoms with Gasteiger partial charge >= 0.3 is 12.2 Å². The zero-order valence-electron chi connectivity index (χ0n) is 18.7. The average Bonchev–Trinajstić information content (AvgIpc) is 3.06. The van der Waals surface area contributed by atoms with Crippen LogP contribution in [0.1, 0.15) is 37.8 Å². The number of carbonyl (C=O) groups is 3. The summed E-state index contributed by atoms with van der Waals surface area (Å²) >= 11 is 0. The minimum atomic E-state index is -1.09. The van der Waals surface area contributed by atoms with Crippen molar-refractivity contribution in [1.29, 1.82) is 0 Å². The normalized spacial score (nSPS) is 27.4. The quantitative estimate of drug-likeness (QED) is 0.554. The standard InChI is InChI=1S/C25H28N2O5/c1-25(2,3)27(24(31)32)13-12-26(23(29)30,14-17(27)16-28)15-22-20-10-6-4-8-18(20)19-9-5-7-11-21(19)22/h4-11,16-17,22H,12-15H2,1-3H3/p+2. The van der Waals surface area contributed by atoms with Crippen molar-refractivity contribution in [2.75, 3.05) is 26.2 Å². The summed E-state index contributed by atoms with van der Waals surface area (Å²) in [7, 11) is 0. The molecule has 0 aromatic heterocycles. The largest absolute Gasteiger partial charge is 0.514 e. The van der Waals surface area contributed by atoms with Crippen LogP contribution in [-0.4, -0.2) is 75.4 Å². The Morgan fingerprint density at radius 1 is 0.938 bits per heavy atom. The average molecular weight is 439 g/mol. The number of fused-ring (bicyclic) bond motifs is 3. The monoisotopic (exact) mass is 438 g/mol. The Balaban J connectivity index is 1.77. The van der Waals surface area contributed by atoms with Crippen LogP contribution in [0.15, 0.2) is 48.5 Å². The van der Waals surface area contributed by atoms with Gasteiger partial charge in [-0.2, -0.15) is 9.59 Å². The second kappa shape index (κ2) is 7.53. The van der Waals surface area contributed by atoms with Crippen molar-refractivity contribution < 1.29 is 33.6 Å². The van der Waals surface area contributed by atoms with Gasteiger partial charge in [0.05, 0.1) is 5.92 Å². The molecular formula is C25H30N2O5+2. The molecule has 2 aromatic rings. The highest BCUT2D eigenvalue weighted by Gasteiger charge is 2.62. The lowest BCUT2D eigenvalue weighted by atomic mass is 9.91. The molecule has 0 radical (unpaired) electrons. The number of carboxylic acid groups (broad SMARTS) is 2. The van der Waals surface area contributed by atoms with E-state index < -0.39 is 28.3 Å². The summed E-state index contributed by atoms with van der Waals surface area (Å²) in [6, 6.07) is 15.1. The fourth-order valence-electron chi connectivity index (χ4n) is 5.83. The highest BCUT2D eigenvalue weighted by atomic mass is 16.4. The van der Waals surface area contributed by atoms with E-state index in [2.05, 4.69) is 12.1 Å². The van der Waals surface area contributed by atoms with Crippen molar-refractivity contribution in [3.8, 4) is 11.1 Å². The van der Waals surface area contributed by atoms with Gasteiger partial charge in [0.15, 0.2) is 6.29 Å². The van der Waals surface area contributed by atoms with Gasteiger partial charge in [-0.3, -0.25) is 4.79 Å². The molecule has 4 rings (SSSR count). The third-order valence-electron chi connectivity index (χ3n) is 7.58. The fraction of sp³-hybridized carbons (Fsp3) is 0.400. The van der Waals surface area contributed by atoms with E-state index in [1.54, 1.807) is 20.8 Å². The lowest BCUT2D eigenvalue weighted by Crippen LogP contribution is -2.79. The molecule has 7 nitrogen and oxygen atoms in total. The summed E-state index contributed by atoms with van der Waals surface area (Å²) < 4.78 is -0.790. The van der Waals surface area contributed by atoms with Gasteiger partial charge in [0.25, 0.3) is 0 Å². The second-order valence-electron chi connectivity index (χ2n) is 9.99. The van der Waals surface area contributed by atoms with Gasteiger partial charge in [0, 0.05) is 0 Å². The molecule has 3 unspecified atom stereocenters. The Kier molecular flexibility index (Phi) is 5.22. The molecule has 2 amide bonds.